The molecule has 2 atom stereocenters. The van der Waals surface area contributed by atoms with Crippen molar-refractivity contribution < 1.29 is 27.9 Å². The molecule has 9 nitrogen and oxygen atoms in total. The summed E-state index contributed by atoms with van der Waals surface area (Å²) in [4.78, 5) is 49.5. The third kappa shape index (κ3) is 4.39. The van der Waals surface area contributed by atoms with E-state index in [0.29, 0.717) is 45.8 Å². The molecule has 2 aliphatic heterocycles. The number of halogens is 2. The number of ether oxygens (including phenoxy) is 1. The Hall–Kier alpha value is -4.68. The Morgan fingerprint density at radius 3 is 2.69 bits per heavy atom. The van der Waals surface area contributed by atoms with Gasteiger partial charge in [0.1, 0.15) is 9.71 Å². The van der Waals surface area contributed by atoms with Crippen LogP contribution in [0.5, 0.6) is 0 Å². The van der Waals surface area contributed by atoms with Gasteiger partial charge in [-0.05, 0) is 42.3 Å². The van der Waals surface area contributed by atoms with Gasteiger partial charge >= 0.3 is 6.03 Å². The summed E-state index contributed by atoms with van der Waals surface area (Å²) in [6, 6.07) is 11.0. The summed E-state index contributed by atoms with van der Waals surface area (Å²) in [7, 11) is 1.53. The number of carbonyl (C=O) groups is 3. The van der Waals surface area contributed by atoms with Gasteiger partial charge in [0, 0.05) is 32.0 Å². The summed E-state index contributed by atoms with van der Waals surface area (Å²) in [5.41, 5.74) is 7.36. The maximum absolute atomic E-state index is 14.7. The zero-order valence-electron chi connectivity index (χ0n) is 22.4. The van der Waals surface area contributed by atoms with Crippen molar-refractivity contribution in [2.45, 2.75) is 18.6 Å². The van der Waals surface area contributed by atoms with Crippen LogP contribution in [-0.2, 0) is 9.53 Å². The number of methoxy groups -OCH3 is 1. The van der Waals surface area contributed by atoms with Crippen LogP contribution < -0.4 is 15.5 Å². The highest BCUT2D eigenvalue weighted by Crippen LogP contribution is 2.49. The van der Waals surface area contributed by atoms with Crippen LogP contribution in [-0.4, -0.2) is 60.1 Å². The highest BCUT2D eigenvalue weighted by molar-refractivity contribution is 7.21. The topological polar surface area (TPSA) is 109 Å². The molecule has 2 aliphatic rings. The second-order valence-electron chi connectivity index (χ2n) is 9.99. The fourth-order valence-corrected chi connectivity index (χ4v) is 6.71. The largest absolute Gasteiger partial charge is 0.380 e. The number of piperidine rings is 1. The normalized spacial score (nSPS) is 18.5. The minimum absolute atomic E-state index is 0.0408. The fourth-order valence-electron chi connectivity index (χ4n) is 5.70. The third-order valence-electron chi connectivity index (χ3n) is 7.59. The first kappa shape index (κ1) is 27.5. The van der Waals surface area contributed by atoms with Crippen LogP contribution in [0.4, 0.5) is 30.6 Å². The van der Waals surface area contributed by atoms with Gasteiger partial charge < -0.3 is 15.4 Å². The van der Waals surface area contributed by atoms with E-state index in [9.17, 15) is 23.2 Å². The van der Waals surface area contributed by atoms with E-state index in [1.807, 2.05) is 0 Å². The number of primary amides is 1. The van der Waals surface area contributed by atoms with Crippen LogP contribution in [0, 0.1) is 11.6 Å². The molecule has 12 heteroatoms. The Morgan fingerprint density at radius 2 is 1.95 bits per heavy atom. The van der Waals surface area contributed by atoms with Gasteiger partial charge in [-0.25, -0.2) is 18.6 Å². The Labute approximate surface area is 243 Å². The van der Waals surface area contributed by atoms with Crippen molar-refractivity contribution in [1.82, 2.24) is 9.88 Å². The van der Waals surface area contributed by atoms with E-state index in [1.54, 1.807) is 35.2 Å². The molecule has 2 aromatic carbocycles. The molecule has 1 saturated heterocycles. The molecule has 4 amide bonds. The molecule has 4 aromatic rings. The molecule has 2 N–H and O–H groups in total. The molecule has 0 radical (unpaired) electrons. The summed E-state index contributed by atoms with van der Waals surface area (Å²) >= 11 is 1.07. The van der Waals surface area contributed by atoms with E-state index in [4.69, 9.17) is 10.5 Å². The lowest BCUT2D eigenvalue weighted by atomic mass is 9.98. The number of carbonyl (C=O) groups excluding carboxylic acids is 3. The number of rotatable bonds is 6. The number of pyridine rings is 1. The van der Waals surface area contributed by atoms with Crippen molar-refractivity contribution in [3.8, 4) is 11.1 Å². The zero-order valence-corrected chi connectivity index (χ0v) is 23.2. The quantitative estimate of drug-likeness (QED) is 0.310. The van der Waals surface area contributed by atoms with Crippen molar-refractivity contribution in [2.75, 3.05) is 30.0 Å². The van der Waals surface area contributed by atoms with E-state index in [1.165, 1.54) is 41.3 Å². The molecule has 0 unspecified atom stereocenters. The number of hydrogen-bond acceptors (Lipinski definition) is 6. The van der Waals surface area contributed by atoms with Gasteiger partial charge in [-0.2, -0.15) is 0 Å². The molecule has 0 aliphatic carbocycles. The molecule has 42 heavy (non-hydrogen) atoms. The van der Waals surface area contributed by atoms with Crippen LogP contribution in [0.15, 0.2) is 67.4 Å². The van der Waals surface area contributed by atoms with Gasteiger partial charge in [-0.15, -0.1) is 11.3 Å². The molecule has 1 fully saturated rings. The first-order chi connectivity index (χ1) is 20.2. The molecule has 0 bridgehead atoms. The van der Waals surface area contributed by atoms with Gasteiger partial charge in [0.05, 0.1) is 34.6 Å². The molecular weight excluding hydrogens is 564 g/mol. The van der Waals surface area contributed by atoms with Crippen LogP contribution >= 0.6 is 11.3 Å². The maximum Gasteiger partial charge on any atom is 0.334 e. The van der Waals surface area contributed by atoms with Crippen molar-refractivity contribution in [1.29, 1.82) is 0 Å². The summed E-state index contributed by atoms with van der Waals surface area (Å²) in [6.07, 6.45) is 2.71. The average Bonchev–Trinajstić information content (AvgIpc) is 3.39. The van der Waals surface area contributed by atoms with Gasteiger partial charge in [0.15, 0.2) is 11.6 Å². The molecule has 214 valence electrons. The standard InChI is InChI=1S/C30H25F2N5O4S/c1-3-23(38)35-14-18(13-19(15-35)41-2)37-26-24-22(10-11-34-29(24)42-27(26)28(33)39)36(30(37)40)17-7-4-6-16(12-17)20-8-5-9-21(31)25(20)32/h3-12,18-19H,1,13-15H2,2H3,(H2,33,39)/t18-,19+/m1/s1. The van der Waals surface area contributed by atoms with Gasteiger partial charge in [-0.1, -0.05) is 30.8 Å². The van der Waals surface area contributed by atoms with Crippen LogP contribution in [0.3, 0.4) is 0 Å². The molecule has 4 heterocycles. The van der Waals surface area contributed by atoms with E-state index in [0.717, 1.165) is 17.4 Å². The first-order valence-electron chi connectivity index (χ1n) is 13.1. The molecule has 0 spiro atoms. The summed E-state index contributed by atoms with van der Waals surface area (Å²) in [6.45, 7) is 4.05. The lowest BCUT2D eigenvalue weighted by Gasteiger charge is -2.45. The predicted octanol–water partition coefficient (Wildman–Crippen LogP) is 5.22. The number of nitrogens with two attached hydrogens (primary N) is 1. The Morgan fingerprint density at radius 1 is 1.17 bits per heavy atom. The second kappa shape index (κ2) is 10.6. The summed E-state index contributed by atoms with van der Waals surface area (Å²) in [5.74, 6) is -3.02. The van der Waals surface area contributed by atoms with Crippen LogP contribution in [0.1, 0.15) is 16.1 Å². The number of likely N-dealkylation sites (tertiary alicyclic amines) is 1. The monoisotopic (exact) mass is 589 g/mol. The smallest absolute Gasteiger partial charge is 0.334 e. The third-order valence-corrected chi connectivity index (χ3v) is 8.69. The number of nitrogens with zero attached hydrogens (tertiary/aromatic N) is 4. The Balaban J connectivity index is 1.55. The minimum atomic E-state index is -1.00. The highest BCUT2D eigenvalue weighted by atomic mass is 32.1. The Bertz CT molecular complexity index is 1780. The van der Waals surface area contributed by atoms with E-state index in [2.05, 4.69) is 11.6 Å². The number of amides is 4. The van der Waals surface area contributed by atoms with Gasteiger partial charge in [0.2, 0.25) is 5.91 Å². The van der Waals surface area contributed by atoms with E-state index < -0.39 is 35.7 Å². The molecule has 2 aromatic heterocycles. The van der Waals surface area contributed by atoms with Gasteiger partial charge in [0.25, 0.3) is 5.91 Å². The van der Waals surface area contributed by atoms with Crippen molar-refractivity contribution in [2.24, 2.45) is 5.73 Å². The minimum Gasteiger partial charge on any atom is -0.380 e. The number of hydrogen-bond donors (Lipinski definition) is 1. The number of urea groups is 1. The van der Waals surface area contributed by atoms with E-state index in [-0.39, 0.29) is 22.9 Å². The number of benzene rings is 2. The first-order valence-corrected chi connectivity index (χ1v) is 13.9. The Kier molecular flexibility index (Phi) is 6.95. The second-order valence-corrected chi connectivity index (χ2v) is 11.0. The lowest BCUT2D eigenvalue weighted by molar-refractivity contribution is -0.129. The zero-order chi connectivity index (χ0) is 29.7. The predicted molar refractivity (Wildman–Crippen MR) is 156 cm³/mol. The summed E-state index contributed by atoms with van der Waals surface area (Å²) in [5, 5.41) is 0.541. The average molecular weight is 590 g/mol. The molecule has 6 rings (SSSR count). The van der Waals surface area contributed by atoms with Crippen LogP contribution in [0.25, 0.3) is 21.3 Å². The summed E-state index contributed by atoms with van der Waals surface area (Å²) < 4.78 is 34.4. The SMILES string of the molecule is C=CC(=O)N1C[C@@H](OC)C[C@@H](N2C(=O)N(c3cccc(-c4cccc(F)c4F)c3)c3ccnc4sc(C(N)=O)c2c34)C1. The number of thiophene rings is 1. The van der Waals surface area contributed by atoms with Crippen molar-refractivity contribution in [3.63, 3.8) is 0 Å². The molecular formula is C30H25F2N5O4S. The van der Waals surface area contributed by atoms with Crippen LogP contribution in [0.2, 0.25) is 0 Å². The van der Waals surface area contributed by atoms with Crippen molar-refractivity contribution in [3.05, 3.63) is 83.9 Å². The maximum atomic E-state index is 14.7. The molecule has 0 saturated carbocycles. The fraction of sp³-hybridized carbons (Fsp3) is 0.200. The number of aromatic nitrogens is 1. The van der Waals surface area contributed by atoms with E-state index >= 15 is 0 Å². The number of anilines is 3. The van der Waals surface area contributed by atoms with Crippen molar-refractivity contribution >= 4 is 56.5 Å². The lowest BCUT2D eigenvalue weighted by Crippen LogP contribution is -2.59. The van der Waals surface area contributed by atoms with Gasteiger partial charge in [-0.3, -0.25) is 19.4 Å². The highest BCUT2D eigenvalue weighted by Gasteiger charge is 2.44.